The predicted octanol–water partition coefficient (Wildman–Crippen LogP) is 2.62. The first kappa shape index (κ1) is 14.9. The number of rotatable bonds is 5. The van der Waals surface area contributed by atoms with Gasteiger partial charge >= 0.3 is 0 Å². The van der Waals surface area contributed by atoms with Crippen molar-refractivity contribution < 1.29 is 9.18 Å². The molecule has 1 amide bonds. The molecule has 0 fully saturated rings. The van der Waals surface area contributed by atoms with Gasteiger partial charge in [0.2, 0.25) is 0 Å². The maximum atomic E-state index is 13.0. The van der Waals surface area contributed by atoms with Gasteiger partial charge in [-0.25, -0.2) is 4.39 Å². The number of nitrogens with two attached hydrogens (primary N) is 1. The van der Waals surface area contributed by atoms with Crippen LogP contribution in [0.15, 0.2) is 18.2 Å². The van der Waals surface area contributed by atoms with Crippen LogP contribution in [0.3, 0.4) is 0 Å². The highest BCUT2D eigenvalue weighted by molar-refractivity contribution is 7.80. The highest BCUT2D eigenvalue weighted by atomic mass is 35.5. The molecule has 1 aromatic rings. The molecule has 3 nitrogen and oxygen atoms in total. The van der Waals surface area contributed by atoms with Gasteiger partial charge in [0, 0.05) is 12.1 Å². The fourth-order valence-corrected chi connectivity index (χ4v) is 1.86. The number of nitrogens with zero attached hydrogens (tertiary/aromatic N) is 1. The molecule has 0 unspecified atom stereocenters. The van der Waals surface area contributed by atoms with Crippen LogP contribution in [-0.2, 0) is 0 Å². The molecule has 18 heavy (non-hydrogen) atoms. The fourth-order valence-electron chi connectivity index (χ4n) is 1.52. The molecule has 0 bridgehead atoms. The first-order valence-electron chi connectivity index (χ1n) is 5.48. The van der Waals surface area contributed by atoms with Crippen LogP contribution < -0.4 is 5.73 Å². The zero-order valence-corrected chi connectivity index (χ0v) is 11.5. The average molecular weight is 289 g/mol. The second kappa shape index (κ2) is 6.66. The fraction of sp³-hybridized carbons (Fsp3) is 0.333. The smallest absolute Gasteiger partial charge is 0.254 e. The number of carbonyl (C=O) groups excluding carboxylic acids is 1. The van der Waals surface area contributed by atoms with Crippen LogP contribution in [0.4, 0.5) is 4.39 Å². The highest BCUT2D eigenvalue weighted by Gasteiger charge is 2.16. The van der Waals surface area contributed by atoms with E-state index in [1.54, 1.807) is 0 Å². The van der Waals surface area contributed by atoms with E-state index in [1.807, 2.05) is 6.92 Å². The molecule has 0 radical (unpaired) electrons. The number of amides is 1. The topological polar surface area (TPSA) is 46.3 Å². The number of carbonyl (C=O) groups is 1. The number of halogens is 2. The minimum atomic E-state index is -0.551. The lowest BCUT2D eigenvalue weighted by atomic mass is 10.2. The first-order valence-corrected chi connectivity index (χ1v) is 6.27. The molecule has 0 saturated carbocycles. The molecule has 0 aliphatic carbocycles. The van der Waals surface area contributed by atoms with Gasteiger partial charge in [-0.05, 0) is 24.6 Å². The Labute approximate surface area is 116 Å². The van der Waals surface area contributed by atoms with Crippen LogP contribution in [-0.4, -0.2) is 28.9 Å². The maximum Gasteiger partial charge on any atom is 0.254 e. The van der Waals surface area contributed by atoms with Crippen molar-refractivity contribution in [3.63, 3.8) is 0 Å². The third-order valence-corrected chi connectivity index (χ3v) is 2.71. The lowest BCUT2D eigenvalue weighted by Gasteiger charge is -2.21. The summed E-state index contributed by atoms with van der Waals surface area (Å²) in [6.45, 7) is 2.68. The Kier molecular flexibility index (Phi) is 5.50. The zero-order chi connectivity index (χ0) is 13.7. The molecule has 0 atom stereocenters. The molecule has 0 aliphatic rings. The standard InChI is InChI=1S/C12H14ClFN2OS/c1-2-5-16(7-11(15)18)12(17)8-3-4-10(14)9(13)6-8/h3-4,6H,2,5,7H2,1H3,(H2,15,18). The zero-order valence-electron chi connectivity index (χ0n) is 9.95. The van der Waals surface area contributed by atoms with E-state index in [1.165, 1.54) is 23.1 Å². The first-order chi connectivity index (χ1) is 8.45. The Balaban J connectivity index is 2.93. The second-order valence-corrected chi connectivity index (χ2v) is 4.75. The number of benzene rings is 1. The third kappa shape index (κ3) is 3.92. The molecule has 0 aliphatic heterocycles. The monoisotopic (exact) mass is 288 g/mol. The average Bonchev–Trinajstić information content (AvgIpc) is 2.31. The molecule has 0 saturated heterocycles. The van der Waals surface area contributed by atoms with Gasteiger partial charge in [0.1, 0.15) is 5.82 Å². The quantitative estimate of drug-likeness (QED) is 0.847. The van der Waals surface area contributed by atoms with Gasteiger partial charge in [0.25, 0.3) is 5.91 Å². The normalized spacial score (nSPS) is 10.2. The number of hydrogen-bond donors (Lipinski definition) is 1. The van der Waals surface area contributed by atoms with Crippen LogP contribution in [0.25, 0.3) is 0 Å². The second-order valence-electron chi connectivity index (χ2n) is 3.82. The van der Waals surface area contributed by atoms with Crippen molar-refractivity contribution in [1.29, 1.82) is 0 Å². The molecular formula is C12H14ClFN2OS. The van der Waals surface area contributed by atoms with E-state index in [4.69, 9.17) is 29.6 Å². The molecule has 1 rings (SSSR count). The predicted molar refractivity (Wildman–Crippen MR) is 74.4 cm³/mol. The molecule has 0 spiro atoms. The Hall–Kier alpha value is -1.20. The summed E-state index contributed by atoms with van der Waals surface area (Å²) in [7, 11) is 0. The summed E-state index contributed by atoms with van der Waals surface area (Å²) in [5.41, 5.74) is 5.77. The van der Waals surface area contributed by atoms with Crippen LogP contribution in [0.5, 0.6) is 0 Å². The van der Waals surface area contributed by atoms with Crippen LogP contribution >= 0.6 is 23.8 Å². The molecule has 6 heteroatoms. The molecule has 0 heterocycles. The number of thiocarbonyl (C=S) groups is 1. The van der Waals surface area contributed by atoms with Crippen molar-refractivity contribution in [2.75, 3.05) is 13.1 Å². The van der Waals surface area contributed by atoms with Crippen LogP contribution in [0.2, 0.25) is 5.02 Å². The van der Waals surface area contributed by atoms with E-state index in [0.717, 1.165) is 6.42 Å². The van der Waals surface area contributed by atoms with Gasteiger partial charge < -0.3 is 10.6 Å². The maximum absolute atomic E-state index is 13.0. The van der Waals surface area contributed by atoms with E-state index in [0.29, 0.717) is 12.1 Å². The van der Waals surface area contributed by atoms with Crippen molar-refractivity contribution >= 4 is 34.7 Å². The highest BCUT2D eigenvalue weighted by Crippen LogP contribution is 2.17. The largest absolute Gasteiger partial charge is 0.392 e. The summed E-state index contributed by atoms with van der Waals surface area (Å²) in [4.78, 5) is 13.9. The molecular weight excluding hydrogens is 275 g/mol. The van der Waals surface area contributed by atoms with Crippen molar-refractivity contribution in [2.45, 2.75) is 13.3 Å². The van der Waals surface area contributed by atoms with Crippen LogP contribution in [0, 0.1) is 5.82 Å². The van der Waals surface area contributed by atoms with E-state index in [2.05, 4.69) is 0 Å². The van der Waals surface area contributed by atoms with E-state index in [-0.39, 0.29) is 22.5 Å². The van der Waals surface area contributed by atoms with E-state index < -0.39 is 5.82 Å². The van der Waals surface area contributed by atoms with E-state index in [9.17, 15) is 9.18 Å². The van der Waals surface area contributed by atoms with Gasteiger partial charge in [-0.2, -0.15) is 0 Å². The Morgan fingerprint density at radius 3 is 2.72 bits per heavy atom. The lowest BCUT2D eigenvalue weighted by Crippen LogP contribution is -2.38. The van der Waals surface area contributed by atoms with Crippen molar-refractivity contribution in [3.05, 3.63) is 34.6 Å². The molecule has 0 aromatic heterocycles. The van der Waals surface area contributed by atoms with Gasteiger partial charge in [-0.1, -0.05) is 30.7 Å². The Bertz CT molecular complexity index is 467. The van der Waals surface area contributed by atoms with Gasteiger partial charge in [-0.3, -0.25) is 4.79 Å². The van der Waals surface area contributed by atoms with Crippen LogP contribution in [0.1, 0.15) is 23.7 Å². The summed E-state index contributed by atoms with van der Waals surface area (Å²) in [5.74, 6) is -0.809. The van der Waals surface area contributed by atoms with Crippen molar-refractivity contribution in [3.8, 4) is 0 Å². The van der Waals surface area contributed by atoms with E-state index >= 15 is 0 Å². The van der Waals surface area contributed by atoms with Crippen molar-refractivity contribution in [2.24, 2.45) is 5.73 Å². The molecule has 98 valence electrons. The van der Waals surface area contributed by atoms with Gasteiger partial charge in [0.15, 0.2) is 0 Å². The van der Waals surface area contributed by atoms with Gasteiger partial charge in [-0.15, -0.1) is 0 Å². The summed E-state index contributed by atoms with van der Waals surface area (Å²) >= 11 is 10.4. The van der Waals surface area contributed by atoms with Gasteiger partial charge in [0.05, 0.1) is 16.6 Å². The lowest BCUT2D eigenvalue weighted by molar-refractivity contribution is 0.0780. The summed E-state index contributed by atoms with van der Waals surface area (Å²) in [6, 6.07) is 3.87. The molecule has 2 N–H and O–H groups in total. The number of hydrogen-bond acceptors (Lipinski definition) is 2. The Morgan fingerprint density at radius 2 is 2.22 bits per heavy atom. The SMILES string of the molecule is CCCN(CC(N)=S)C(=O)c1ccc(F)c(Cl)c1. The summed E-state index contributed by atoms with van der Waals surface area (Å²) in [6.07, 6.45) is 0.781. The third-order valence-electron chi connectivity index (χ3n) is 2.29. The minimum absolute atomic E-state index is 0.0763. The Morgan fingerprint density at radius 1 is 1.56 bits per heavy atom. The summed E-state index contributed by atoms with van der Waals surface area (Å²) < 4.78 is 13.0. The molecule has 1 aromatic carbocycles. The summed E-state index contributed by atoms with van der Waals surface area (Å²) in [5, 5.41) is -0.0763. The van der Waals surface area contributed by atoms with Crippen molar-refractivity contribution in [1.82, 2.24) is 4.90 Å². The minimum Gasteiger partial charge on any atom is -0.392 e.